The maximum absolute atomic E-state index is 9.10. The minimum absolute atomic E-state index is 0.661. The second-order valence-electron chi connectivity index (χ2n) is 9.54. The number of hydrogen-bond acceptors (Lipinski definition) is 13. The van der Waals surface area contributed by atoms with Crippen LogP contribution in [0.1, 0.15) is 25.6 Å². The number of ether oxygens (including phenoxy) is 1. The fourth-order valence-corrected chi connectivity index (χ4v) is 4.08. The Kier molecular flexibility index (Phi) is 18.4. The Balaban J connectivity index is 0.000000526. The fraction of sp³-hybridized carbons (Fsp3) is 0.429. The Morgan fingerprint density at radius 3 is 1.81 bits per heavy atom. The van der Waals surface area contributed by atoms with Crippen molar-refractivity contribution in [3.63, 3.8) is 0 Å². The van der Waals surface area contributed by atoms with Crippen molar-refractivity contribution in [3.8, 4) is 0 Å². The number of carbonyl (C=O) groups is 6. The van der Waals surface area contributed by atoms with Gasteiger partial charge in [0.25, 0.3) is 0 Å². The van der Waals surface area contributed by atoms with Crippen molar-refractivity contribution in [3.05, 3.63) is 42.6 Å². The van der Waals surface area contributed by atoms with Crippen molar-refractivity contribution in [1.29, 1.82) is 0 Å². The first-order chi connectivity index (χ1) is 22.8. The molecule has 0 aliphatic carbocycles. The molecule has 0 unspecified atom stereocenters. The molecule has 4 heterocycles. The molecule has 0 aromatic carbocycles. The van der Waals surface area contributed by atoms with Gasteiger partial charge in [0.15, 0.2) is 5.65 Å². The van der Waals surface area contributed by atoms with Gasteiger partial charge in [0.2, 0.25) is 5.95 Å². The first-order valence-electron chi connectivity index (χ1n) is 14.3. The van der Waals surface area contributed by atoms with Gasteiger partial charge in [0.05, 0.1) is 6.61 Å². The lowest BCUT2D eigenvalue weighted by atomic mass is 9.93. The first-order valence-corrected chi connectivity index (χ1v) is 14.3. The molecule has 262 valence electrons. The molecule has 0 spiro atoms. The molecule has 7 N–H and O–H groups in total. The highest BCUT2D eigenvalue weighted by Gasteiger charge is 2.22. The Morgan fingerprint density at radius 1 is 0.792 bits per heavy atom. The summed E-state index contributed by atoms with van der Waals surface area (Å²) in [6.45, 7) is 8.40. The van der Waals surface area contributed by atoms with Gasteiger partial charge in [-0.25, -0.2) is 48.7 Å². The molecule has 0 amide bonds. The molecule has 1 saturated heterocycles. The average molecular weight is 680 g/mol. The molecule has 1 aliphatic heterocycles. The van der Waals surface area contributed by atoms with E-state index in [4.69, 9.17) is 69.1 Å². The van der Waals surface area contributed by atoms with Crippen LogP contribution in [-0.4, -0.2) is 135 Å². The predicted molar refractivity (Wildman–Crippen MR) is 163 cm³/mol. The van der Waals surface area contributed by atoms with E-state index in [2.05, 4.69) is 35.8 Å². The van der Waals surface area contributed by atoms with Crippen LogP contribution in [0.2, 0.25) is 0 Å². The van der Waals surface area contributed by atoms with E-state index >= 15 is 0 Å². The summed E-state index contributed by atoms with van der Waals surface area (Å²) in [5.74, 6) is -8.44. The lowest BCUT2D eigenvalue weighted by Gasteiger charge is -2.31. The van der Waals surface area contributed by atoms with Gasteiger partial charge in [-0.2, -0.15) is 0 Å². The summed E-state index contributed by atoms with van der Waals surface area (Å²) in [5, 5.41) is 47.6. The van der Waals surface area contributed by atoms with Crippen LogP contribution in [-0.2, 0) is 46.5 Å². The van der Waals surface area contributed by atoms with Crippen molar-refractivity contribution >= 4 is 52.9 Å². The number of imidazole rings is 1. The summed E-state index contributed by atoms with van der Waals surface area (Å²) in [4.78, 5) is 75.0. The molecule has 0 bridgehead atoms. The lowest BCUT2D eigenvalue weighted by Crippen LogP contribution is -2.37. The zero-order valence-corrected chi connectivity index (χ0v) is 25.8. The van der Waals surface area contributed by atoms with E-state index in [0.717, 1.165) is 62.7 Å². The Hall–Kier alpha value is -5.76. The molecule has 0 saturated carbocycles. The monoisotopic (exact) mass is 679 g/mol. The molecule has 4 rings (SSSR count). The third-order valence-electron chi connectivity index (χ3n) is 6.25. The summed E-state index contributed by atoms with van der Waals surface area (Å²) in [6, 6.07) is 5.84. The quantitative estimate of drug-likeness (QED) is 0.110. The minimum Gasteiger partial charge on any atom is -0.473 e. The highest BCUT2D eigenvalue weighted by Crippen LogP contribution is 2.23. The molecule has 20 heteroatoms. The number of aromatic nitrogens is 5. The Bertz CT molecular complexity index is 1400. The van der Waals surface area contributed by atoms with E-state index in [-0.39, 0.29) is 0 Å². The number of likely N-dealkylation sites (tertiary alicyclic amines) is 1. The average Bonchev–Trinajstić information content (AvgIpc) is 3.40. The number of carboxylic acids is 6. The van der Waals surface area contributed by atoms with Crippen LogP contribution < -0.4 is 5.32 Å². The Morgan fingerprint density at radius 2 is 1.31 bits per heavy atom. The lowest BCUT2D eigenvalue weighted by molar-refractivity contribution is -0.159. The van der Waals surface area contributed by atoms with Gasteiger partial charge >= 0.3 is 35.8 Å². The van der Waals surface area contributed by atoms with Gasteiger partial charge in [-0.05, 0) is 57.0 Å². The van der Waals surface area contributed by atoms with Gasteiger partial charge in [-0.1, -0.05) is 0 Å². The smallest absolute Gasteiger partial charge is 0.414 e. The van der Waals surface area contributed by atoms with Crippen molar-refractivity contribution < 1.29 is 64.1 Å². The standard InChI is InChI=1S/C22H31N7O.3C2H2O4/c1-2-30-16-15-29-20(27-19-5-3-8-23-21(19)29)17-18-6-12-28(13-7-18)14-11-26-22-24-9-4-10-25-22;3*3-1(4)2(5)6/h3-5,8-10,18H,2,6-7,11-17H2,1H3,(H,24,25,26);3*(H,3,4)(H,5,6). The molecular formula is C28H37N7O13. The third-order valence-corrected chi connectivity index (χ3v) is 6.25. The van der Waals surface area contributed by atoms with Crippen LogP contribution in [0.3, 0.4) is 0 Å². The SMILES string of the molecule is CCOCCn1c(CC2CCN(CCNc3ncccn3)CC2)nc2cccnc21.O=C(O)C(=O)O.O=C(O)C(=O)O.O=C(O)C(=O)O. The number of nitrogens with zero attached hydrogens (tertiary/aromatic N) is 6. The largest absolute Gasteiger partial charge is 0.473 e. The minimum atomic E-state index is -1.82. The number of pyridine rings is 1. The summed E-state index contributed by atoms with van der Waals surface area (Å²) >= 11 is 0. The maximum atomic E-state index is 9.10. The van der Waals surface area contributed by atoms with Gasteiger partial charge in [0.1, 0.15) is 11.3 Å². The molecule has 1 aliphatic rings. The zero-order chi connectivity index (χ0) is 36.1. The molecule has 1 fully saturated rings. The summed E-state index contributed by atoms with van der Waals surface area (Å²) in [7, 11) is 0. The molecule has 3 aromatic heterocycles. The number of hydrogen-bond donors (Lipinski definition) is 7. The molecule has 0 radical (unpaired) electrons. The van der Waals surface area contributed by atoms with E-state index in [9.17, 15) is 0 Å². The molecular weight excluding hydrogens is 642 g/mol. The van der Waals surface area contributed by atoms with E-state index < -0.39 is 35.8 Å². The second kappa shape index (κ2) is 21.9. The van der Waals surface area contributed by atoms with Crippen LogP contribution in [0.4, 0.5) is 5.95 Å². The summed E-state index contributed by atoms with van der Waals surface area (Å²) in [5.41, 5.74) is 1.95. The highest BCUT2D eigenvalue weighted by molar-refractivity contribution is 6.28. The van der Waals surface area contributed by atoms with Crippen LogP contribution >= 0.6 is 0 Å². The number of carboxylic acid groups (broad SMARTS) is 6. The highest BCUT2D eigenvalue weighted by atomic mass is 16.5. The number of aliphatic carboxylic acids is 6. The maximum Gasteiger partial charge on any atom is 0.414 e. The normalized spacial score (nSPS) is 12.5. The van der Waals surface area contributed by atoms with Crippen molar-refractivity contribution in [2.75, 3.05) is 44.7 Å². The van der Waals surface area contributed by atoms with Gasteiger partial charge in [0, 0.05) is 51.3 Å². The van der Waals surface area contributed by atoms with Gasteiger partial charge in [-0.3, -0.25) is 0 Å². The zero-order valence-electron chi connectivity index (χ0n) is 25.8. The molecule has 20 nitrogen and oxygen atoms in total. The third kappa shape index (κ3) is 16.0. The van der Waals surface area contributed by atoms with E-state index in [1.54, 1.807) is 12.4 Å². The van der Waals surface area contributed by atoms with Crippen LogP contribution in [0.25, 0.3) is 11.2 Å². The summed E-state index contributed by atoms with van der Waals surface area (Å²) < 4.78 is 7.84. The molecule has 48 heavy (non-hydrogen) atoms. The van der Waals surface area contributed by atoms with E-state index in [1.807, 2.05) is 25.3 Å². The van der Waals surface area contributed by atoms with Crippen LogP contribution in [0.5, 0.6) is 0 Å². The van der Waals surface area contributed by atoms with Crippen molar-refractivity contribution in [2.24, 2.45) is 5.92 Å². The van der Waals surface area contributed by atoms with Crippen LogP contribution in [0.15, 0.2) is 36.8 Å². The number of piperidine rings is 1. The predicted octanol–water partition coefficient (Wildman–Crippen LogP) is 0.0912. The fourth-order valence-electron chi connectivity index (χ4n) is 4.08. The van der Waals surface area contributed by atoms with E-state index in [0.29, 0.717) is 18.5 Å². The van der Waals surface area contributed by atoms with E-state index in [1.165, 1.54) is 12.8 Å². The van der Waals surface area contributed by atoms with Crippen molar-refractivity contribution in [1.82, 2.24) is 29.4 Å². The number of anilines is 1. The van der Waals surface area contributed by atoms with Gasteiger partial charge in [-0.15, -0.1) is 0 Å². The number of rotatable bonds is 10. The number of fused-ring (bicyclic) bond motifs is 1. The Labute approximate surface area is 272 Å². The second-order valence-corrected chi connectivity index (χ2v) is 9.54. The molecule has 3 aromatic rings. The number of nitrogens with one attached hydrogen (secondary N) is 1. The molecule has 0 atom stereocenters. The summed E-state index contributed by atoms with van der Waals surface area (Å²) in [6.07, 6.45) is 8.77. The topological polar surface area (TPSA) is 305 Å². The van der Waals surface area contributed by atoms with Crippen LogP contribution in [0, 0.1) is 5.92 Å². The first kappa shape index (κ1) is 40.3. The van der Waals surface area contributed by atoms with Crippen molar-refractivity contribution in [2.45, 2.75) is 32.7 Å². The van der Waals surface area contributed by atoms with Gasteiger partial charge < -0.3 is 50.2 Å².